The largest absolute Gasteiger partial charge is 0.356 e. The minimum Gasteiger partial charge on any atom is -0.356 e. The predicted octanol–water partition coefficient (Wildman–Crippen LogP) is 0.715. The van der Waals surface area contributed by atoms with Crippen molar-refractivity contribution in [3.63, 3.8) is 0 Å². The fraction of sp³-hybridized carbons (Fsp3) is 0.278. The van der Waals surface area contributed by atoms with Gasteiger partial charge in [-0.1, -0.05) is 12.1 Å². The number of benzene rings is 1. The number of carbonyl (C=O) groups is 2. The van der Waals surface area contributed by atoms with Crippen molar-refractivity contribution in [3.05, 3.63) is 58.5 Å². The van der Waals surface area contributed by atoms with Gasteiger partial charge in [0.15, 0.2) is 0 Å². The van der Waals surface area contributed by atoms with Crippen LogP contribution in [-0.2, 0) is 11.8 Å². The van der Waals surface area contributed by atoms with E-state index < -0.39 is 5.91 Å². The first-order valence-electron chi connectivity index (χ1n) is 8.17. The maximum absolute atomic E-state index is 12.5. The molecule has 7 nitrogen and oxygen atoms in total. The van der Waals surface area contributed by atoms with Crippen molar-refractivity contribution in [3.8, 4) is 0 Å². The third kappa shape index (κ3) is 2.57. The highest BCUT2D eigenvalue weighted by atomic mass is 16.2. The average Bonchev–Trinajstić information content (AvgIpc) is 3.02. The zero-order valence-electron chi connectivity index (χ0n) is 13.7. The molecule has 0 bridgehead atoms. The highest BCUT2D eigenvalue weighted by Crippen LogP contribution is 2.36. The molecule has 1 fully saturated rings. The first-order valence-corrected chi connectivity index (χ1v) is 8.17. The Labute approximate surface area is 144 Å². The molecule has 3 heterocycles. The molecule has 128 valence electrons. The fourth-order valence-electron chi connectivity index (χ4n) is 3.53. The lowest BCUT2D eigenvalue weighted by molar-refractivity contribution is -0.117. The van der Waals surface area contributed by atoms with Crippen LogP contribution in [0, 0.1) is 0 Å². The number of fused-ring (bicyclic) bond motifs is 3. The van der Waals surface area contributed by atoms with E-state index in [1.165, 1.54) is 10.6 Å². The standard InChI is InChI=1S/C18H18N4O3/c1-21-8-4-5-12(18(21)25)16(23)19-11-9-15-17(24)20-13-6-2-3-7-14(13)22(15)10-11/h2-8,11,15H,9-10H2,1H3,(H,19,23)(H,20,24). The molecule has 25 heavy (non-hydrogen) atoms. The van der Waals surface area contributed by atoms with Gasteiger partial charge in [0.2, 0.25) is 5.91 Å². The molecule has 2 atom stereocenters. The molecule has 1 aromatic carbocycles. The molecule has 2 aromatic rings. The third-order valence-corrected chi connectivity index (χ3v) is 4.78. The van der Waals surface area contributed by atoms with Crippen molar-refractivity contribution in [1.29, 1.82) is 0 Å². The van der Waals surface area contributed by atoms with Crippen molar-refractivity contribution in [2.45, 2.75) is 18.5 Å². The minimum absolute atomic E-state index is 0.0638. The number of nitrogens with zero attached hydrogens (tertiary/aromatic N) is 2. The van der Waals surface area contributed by atoms with E-state index in [-0.39, 0.29) is 29.1 Å². The van der Waals surface area contributed by atoms with Gasteiger partial charge in [-0.15, -0.1) is 0 Å². The Hall–Kier alpha value is -3.09. The second-order valence-electron chi connectivity index (χ2n) is 6.42. The van der Waals surface area contributed by atoms with Crippen LogP contribution in [0.15, 0.2) is 47.4 Å². The number of nitrogens with one attached hydrogen (secondary N) is 2. The summed E-state index contributed by atoms with van der Waals surface area (Å²) in [5.41, 5.74) is 1.52. The second-order valence-corrected chi connectivity index (χ2v) is 6.42. The van der Waals surface area contributed by atoms with Crippen molar-refractivity contribution >= 4 is 23.2 Å². The van der Waals surface area contributed by atoms with Crippen molar-refractivity contribution < 1.29 is 9.59 Å². The molecule has 2 aliphatic heterocycles. The monoisotopic (exact) mass is 338 g/mol. The molecular weight excluding hydrogens is 320 g/mol. The Balaban J connectivity index is 1.55. The van der Waals surface area contributed by atoms with Crippen molar-refractivity contribution in [2.75, 3.05) is 16.8 Å². The zero-order chi connectivity index (χ0) is 17.6. The predicted molar refractivity (Wildman–Crippen MR) is 93.8 cm³/mol. The van der Waals surface area contributed by atoms with Crippen LogP contribution in [0.25, 0.3) is 0 Å². The van der Waals surface area contributed by atoms with Gasteiger partial charge < -0.3 is 20.1 Å². The molecule has 1 aromatic heterocycles. The lowest BCUT2D eigenvalue weighted by atomic mass is 10.1. The number of para-hydroxylation sites is 2. The molecule has 2 N–H and O–H groups in total. The summed E-state index contributed by atoms with van der Waals surface area (Å²) in [5, 5.41) is 5.80. The number of hydrogen-bond donors (Lipinski definition) is 2. The number of rotatable bonds is 2. The molecule has 2 aliphatic rings. The molecule has 0 radical (unpaired) electrons. The lowest BCUT2D eigenvalue weighted by Crippen LogP contribution is -2.44. The highest BCUT2D eigenvalue weighted by molar-refractivity contribution is 6.04. The lowest BCUT2D eigenvalue weighted by Gasteiger charge is -2.32. The fourth-order valence-corrected chi connectivity index (χ4v) is 3.53. The van der Waals surface area contributed by atoms with Crippen LogP contribution < -0.4 is 21.1 Å². The topological polar surface area (TPSA) is 83.4 Å². The van der Waals surface area contributed by atoms with E-state index in [0.29, 0.717) is 13.0 Å². The zero-order valence-corrected chi connectivity index (χ0v) is 13.7. The summed E-state index contributed by atoms with van der Waals surface area (Å²) in [6.45, 7) is 0.536. The number of carbonyl (C=O) groups excluding carboxylic acids is 2. The number of anilines is 2. The first kappa shape index (κ1) is 15.4. The summed E-state index contributed by atoms with van der Waals surface area (Å²) < 4.78 is 1.37. The number of hydrogen-bond acceptors (Lipinski definition) is 4. The molecule has 0 spiro atoms. The summed E-state index contributed by atoms with van der Waals surface area (Å²) in [5.74, 6) is -0.467. The Morgan fingerprint density at radius 3 is 2.84 bits per heavy atom. The van der Waals surface area contributed by atoms with Crippen molar-refractivity contribution in [1.82, 2.24) is 9.88 Å². The van der Waals surface area contributed by atoms with E-state index in [1.54, 1.807) is 19.3 Å². The van der Waals surface area contributed by atoms with E-state index >= 15 is 0 Å². The summed E-state index contributed by atoms with van der Waals surface area (Å²) in [7, 11) is 1.61. The van der Waals surface area contributed by atoms with Gasteiger partial charge >= 0.3 is 0 Å². The van der Waals surface area contributed by atoms with Crippen LogP contribution in [-0.4, -0.2) is 35.0 Å². The molecule has 4 rings (SSSR count). The van der Waals surface area contributed by atoms with Crippen LogP contribution in [0.5, 0.6) is 0 Å². The van der Waals surface area contributed by atoms with Crippen LogP contribution in [0.1, 0.15) is 16.8 Å². The van der Waals surface area contributed by atoms with E-state index in [0.717, 1.165) is 11.4 Å². The molecule has 1 saturated heterocycles. The Morgan fingerprint density at radius 2 is 2.00 bits per heavy atom. The van der Waals surface area contributed by atoms with E-state index in [1.807, 2.05) is 29.2 Å². The first-order chi connectivity index (χ1) is 12.0. The van der Waals surface area contributed by atoms with Crippen LogP contribution in [0.4, 0.5) is 11.4 Å². The smallest absolute Gasteiger partial charge is 0.263 e. The molecule has 7 heteroatoms. The molecule has 2 amide bonds. The summed E-state index contributed by atoms with van der Waals surface area (Å²) in [6.07, 6.45) is 2.12. The second kappa shape index (κ2) is 5.77. The van der Waals surface area contributed by atoms with E-state index in [9.17, 15) is 14.4 Å². The van der Waals surface area contributed by atoms with Gasteiger partial charge in [0.1, 0.15) is 11.6 Å². The SMILES string of the molecule is Cn1cccc(C(=O)NC2CC3C(=O)Nc4ccccc4N3C2)c1=O. The van der Waals surface area contributed by atoms with E-state index in [4.69, 9.17) is 0 Å². The summed E-state index contributed by atoms with van der Waals surface area (Å²) in [6, 6.07) is 10.3. The van der Waals surface area contributed by atoms with Gasteiger partial charge in [-0.05, 0) is 30.7 Å². The van der Waals surface area contributed by atoms with Crippen molar-refractivity contribution in [2.24, 2.45) is 7.05 Å². The normalized spacial score (nSPS) is 21.3. The van der Waals surface area contributed by atoms with Crippen LogP contribution >= 0.6 is 0 Å². The van der Waals surface area contributed by atoms with Crippen LogP contribution in [0.2, 0.25) is 0 Å². The quantitative estimate of drug-likeness (QED) is 0.845. The highest BCUT2D eigenvalue weighted by Gasteiger charge is 2.41. The van der Waals surface area contributed by atoms with Gasteiger partial charge in [0.25, 0.3) is 11.5 Å². The van der Waals surface area contributed by atoms with Gasteiger partial charge in [-0.2, -0.15) is 0 Å². The van der Waals surface area contributed by atoms with Gasteiger partial charge in [-0.25, -0.2) is 0 Å². The van der Waals surface area contributed by atoms with Crippen LogP contribution in [0.3, 0.4) is 0 Å². The minimum atomic E-state index is -0.403. The number of pyridine rings is 1. The van der Waals surface area contributed by atoms with Gasteiger partial charge in [-0.3, -0.25) is 14.4 Å². The Kier molecular flexibility index (Phi) is 3.56. The maximum Gasteiger partial charge on any atom is 0.263 e. The molecule has 2 unspecified atom stereocenters. The van der Waals surface area contributed by atoms with E-state index in [2.05, 4.69) is 10.6 Å². The maximum atomic E-state index is 12.5. The molecule has 0 saturated carbocycles. The number of aryl methyl sites for hydroxylation is 1. The molecule has 0 aliphatic carbocycles. The third-order valence-electron chi connectivity index (χ3n) is 4.78. The Morgan fingerprint density at radius 1 is 1.20 bits per heavy atom. The summed E-state index contributed by atoms with van der Waals surface area (Å²) >= 11 is 0. The number of aromatic nitrogens is 1. The summed E-state index contributed by atoms with van der Waals surface area (Å²) in [4.78, 5) is 38.9. The Bertz CT molecular complexity index is 921. The van der Waals surface area contributed by atoms with Gasteiger partial charge in [0, 0.05) is 25.8 Å². The number of amides is 2. The average molecular weight is 338 g/mol. The molecular formula is C18H18N4O3. The van der Waals surface area contributed by atoms with Gasteiger partial charge in [0.05, 0.1) is 11.4 Å².